The van der Waals surface area contributed by atoms with E-state index in [9.17, 15) is 23.2 Å². The van der Waals surface area contributed by atoms with Crippen molar-refractivity contribution >= 4 is 23.4 Å². The van der Waals surface area contributed by atoms with E-state index in [0.29, 0.717) is 31.2 Å². The van der Waals surface area contributed by atoms with Gasteiger partial charge in [0, 0.05) is 38.5 Å². The molecule has 2 atom stereocenters. The van der Waals surface area contributed by atoms with Crippen molar-refractivity contribution in [1.82, 2.24) is 10.2 Å². The van der Waals surface area contributed by atoms with E-state index in [1.807, 2.05) is 6.07 Å². The number of anilines is 1. The Morgan fingerprint density at radius 3 is 2.54 bits per heavy atom. The fourth-order valence-corrected chi connectivity index (χ4v) is 4.52. The lowest BCUT2D eigenvalue weighted by atomic mass is 9.95. The molecule has 2 fully saturated rings. The highest BCUT2D eigenvalue weighted by Crippen LogP contribution is 2.39. The second-order valence-electron chi connectivity index (χ2n) is 9.56. The predicted molar refractivity (Wildman–Crippen MR) is 132 cm³/mol. The Kier molecular flexibility index (Phi) is 8.25. The Morgan fingerprint density at radius 1 is 1.08 bits per heavy atom. The summed E-state index contributed by atoms with van der Waals surface area (Å²) in [5.74, 6) is -0.238. The van der Waals surface area contributed by atoms with Crippen LogP contribution in [-0.4, -0.2) is 48.4 Å². The van der Waals surface area contributed by atoms with Crippen LogP contribution in [0, 0.1) is 5.92 Å². The number of ether oxygens (including phenoxy) is 2. The molecule has 10 heteroatoms. The summed E-state index contributed by atoms with van der Waals surface area (Å²) >= 11 is 0. The number of nitrogens with one attached hydrogen (secondary N) is 2. The van der Waals surface area contributed by atoms with E-state index in [0.717, 1.165) is 24.0 Å². The summed E-state index contributed by atoms with van der Waals surface area (Å²) < 4.78 is 36.2. The van der Waals surface area contributed by atoms with Crippen molar-refractivity contribution in [1.29, 1.82) is 0 Å². The first-order valence-corrected chi connectivity index (χ1v) is 12.3. The topological polar surface area (TPSA) is 97.0 Å². The minimum absolute atomic E-state index is 0.0309. The first-order chi connectivity index (χ1) is 17.7. The molecule has 1 heterocycles. The molecule has 2 aromatic carbocycles. The lowest BCUT2D eigenvalue weighted by molar-refractivity contribution is -0.136. The van der Waals surface area contributed by atoms with E-state index in [1.54, 1.807) is 30.3 Å². The molecule has 0 aromatic heterocycles. The second-order valence-corrected chi connectivity index (χ2v) is 9.56. The van der Waals surface area contributed by atoms with Crippen LogP contribution in [0.1, 0.15) is 50.2 Å². The van der Waals surface area contributed by atoms with Crippen molar-refractivity contribution in [2.75, 3.05) is 18.5 Å². The number of hydrogen-bond donors (Lipinski definition) is 2. The molecular weight excluding hydrogens is 484 g/mol. The molecule has 2 aromatic rings. The molecule has 0 radical (unpaired) electrons. The van der Waals surface area contributed by atoms with Crippen molar-refractivity contribution in [2.24, 2.45) is 5.92 Å². The quantitative estimate of drug-likeness (QED) is 0.498. The Bertz CT molecular complexity index is 1150. The molecule has 0 spiro atoms. The van der Waals surface area contributed by atoms with Crippen LogP contribution in [0.3, 0.4) is 0 Å². The summed E-state index contributed by atoms with van der Waals surface area (Å²) in [5, 5.41) is 5.59. The van der Waals surface area contributed by atoms with Gasteiger partial charge in [0.1, 0.15) is 6.04 Å². The number of amides is 3. The molecule has 37 heavy (non-hydrogen) atoms. The molecule has 2 aliphatic rings. The summed E-state index contributed by atoms with van der Waals surface area (Å²) in [7, 11) is 0. The third-order valence-electron chi connectivity index (χ3n) is 6.55. The standard InChI is InChI=1S/C27H31F2N3O5/c1-16(33)31-22-5-3-4-19(10-22)13-30-26(35)23-11-21(14-32(23)17(2)34)20-8-9-24(37-27(28)29)25(12-20)36-15-18-6-7-18/h3-5,8-10,12,18,21,23,27H,6-7,11,13-15H2,1-2H3,(H,30,35)(H,31,33)/t21?,23-/m1/s1. The van der Waals surface area contributed by atoms with Gasteiger partial charge < -0.3 is 25.0 Å². The van der Waals surface area contributed by atoms with Crippen LogP contribution in [-0.2, 0) is 20.9 Å². The van der Waals surface area contributed by atoms with Gasteiger partial charge >= 0.3 is 6.61 Å². The third-order valence-corrected chi connectivity index (χ3v) is 6.55. The monoisotopic (exact) mass is 515 g/mol. The summed E-state index contributed by atoms with van der Waals surface area (Å²) in [4.78, 5) is 38.3. The smallest absolute Gasteiger partial charge is 0.387 e. The van der Waals surface area contributed by atoms with Gasteiger partial charge in [-0.1, -0.05) is 18.2 Å². The molecular formula is C27H31F2N3O5. The zero-order valence-corrected chi connectivity index (χ0v) is 20.8. The molecule has 1 unspecified atom stereocenters. The van der Waals surface area contributed by atoms with Crippen molar-refractivity contribution in [3.8, 4) is 11.5 Å². The molecule has 1 aliphatic heterocycles. The maximum Gasteiger partial charge on any atom is 0.387 e. The zero-order valence-electron chi connectivity index (χ0n) is 20.8. The number of likely N-dealkylation sites (tertiary alicyclic amines) is 1. The van der Waals surface area contributed by atoms with Gasteiger partial charge in [0.05, 0.1) is 6.61 Å². The minimum atomic E-state index is -2.97. The van der Waals surface area contributed by atoms with Gasteiger partial charge in [0.2, 0.25) is 17.7 Å². The normalized spacial score (nSPS) is 19.0. The lowest BCUT2D eigenvalue weighted by Crippen LogP contribution is -2.44. The Hall–Kier alpha value is -3.69. The number of nitrogens with zero attached hydrogens (tertiary/aromatic N) is 1. The van der Waals surface area contributed by atoms with Gasteiger partial charge in [0.25, 0.3) is 0 Å². The number of hydrogen-bond acceptors (Lipinski definition) is 5. The number of halogens is 2. The molecule has 1 saturated carbocycles. The molecule has 2 N–H and O–H groups in total. The fraction of sp³-hybridized carbons (Fsp3) is 0.444. The molecule has 0 bridgehead atoms. The van der Waals surface area contributed by atoms with Crippen molar-refractivity contribution in [3.63, 3.8) is 0 Å². The summed E-state index contributed by atoms with van der Waals surface area (Å²) in [6.07, 6.45) is 2.49. The van der Waals surface area contributed by atoms with Crippen molar-refractivity contribution in [3.05, 3.63) is 53.6 Å². The maximum absolute atomic E-state index is 13.1. The predicted octanol–water partition coefficient (Wildman–Crippen LogP) is 4.06. The summed E-state index contributed by atoms with van der Waals surface area (Å²) in [6.45, 7) is 0.856. The first kappa shape index (κ1) is 26.4. The van der Waals surface area contributed by atoms with E-state index in [-0.39, 0.29) is 41.7 Å². The van der Waals surface area contributed by atoms with Crippen LogP contribution in [0.5, 0.6) is 11.5 Å². The van der Waals surface area contributed by atoms with Gasteiger partial charge in [-0.15, -0.1) is 0 Å². The number of alkyl halides is 2. The molecule has 8 nitrogen and oxygen atoms in total. The van der Waals surface area contributed by atoms with Gasteiger partial charge in [0.15, 0.2) is 11.5 Å². The highest BCUT2D eigenvalue weighted by atomic mass is 19.3. The van der Waals surface area contributed by atoms with E-state index in [1.165, 1.54) is 24.8 Å². The molecule has 3 amide bonds. The van der Waals surface area contributed by atoms with Gasteiger partial charge in [-0.05, 0) is 60.6 Å². The summed E-state index contributed by atoms with van der Waals surface area (Å²) in [6, 6.07) is 11.3. The average Bonchev–Trinajstić information content (AvgIpc) is 3.56. The first-order valence-electron chi connectivity index (χ1n) is 12.3. The summed E-state index contributed by atoms with van der Waals surface area (Å²) in [5.41, 5.74) is 2.22. The van der Waals surface area contributed by atoms with Crippen LogP contribution in [0.25, 0.3) is 0 Å². The molecule has 1 aliphatic carbocycles. The maximum atomic E-state index is 13.1. The SMILES string of the molecule is CC(=O)Nc1cccc(CNC(=O)[C@H]2CC(c3ccc(OC(F)F)c(OCC4CC4)c3)CN2C(C)=O)c1. The minimum Gasteiger partial charge on any atom is -0.489 e. The fourth-order valence-electron chi connectivity index (χ4n) is 4.52. The van der Waals surface area contributed by atoms with E-state index < -0.39 is 12.7 Å². The third kappa shape index (κ3) is 7.18. The van der Waals surface area contributed by atoms with Gasteiger partial charge in [-0.25, -0.2) is 0 Å². The van der Waals surface area contributed by atoms with E-state index >= 15 is 0 Å². The molecule has 198 valence electrons. The van der Waals surface area contributed by atoms with Gasteiger partial charge in [-0.2, -0.15) is 8.78 Å². The highest BCUT2D eigenvalue weighted by molar-refractivity contribution is 5.89. The van der Waals surface area contributed by atoms with Crippen LogP contribution in [0.4, 0.5) is 14.5 Å². The Labute approximate surface area is 214 Å². The highest BCUT2D eigenvalue weighted by Gasteiger charge is 2.39. The second kappa shape index (κ2) is 11.6. The average molecular weight is 516 g/mol. The largest absolute Gasteiger partial charge is 0.489 e. The lowest BCUT2D eigenvalue weighted by Gasteiger charge is -2.22. The Morgan fingerprint density at radius 2 is 1.86 bits per heavy atom. The van der Waals surface area contributed by atoms with Gasteiger partial charge in [-0.3, -0.25) is 14.4 Å². The van der Waals surface area contributed by atoms with Crippen molar-refractivity contribution < 1.29 is 32.6 Å². The molecule has 4 rings (SSSR count). The van der Waals surface area contributed by atoms with Crippen LogP contribution < -0.4 is 20.1 Å². The number of rotatable bonds is 10. The number of carbonyl (C=O) groups excluding carboxylic acids is 3. The van der Waals surface area contributed by atoms with Crippen LogP contribution in [0.2, 0.25) is 0 Å². The van der Waals surface area contributed by atoms with E-state index in [4.69, 9.17) is 4.74 Å². The number of benzene rings is 2. The van der Waals surface area contributed by atoms with E-state index in [2.05, 4.69) is 15.4 Å². The zero-order chi connectivity index (χ0) is 26.5. The van der Waals surface area contributed by atoms with Crippen LogP contribution >= 0.6 is 0 Å². The Balaban J connectivity index is 1.45. The van der Waals surface area contributed by atoms with Crippen molar-refractivity contribution in [2.45, 2.75) is 58.2 Å². The van der Waals surface area contributed by atoms with Crippen LogP contribution in [0.15, 0.2) is 42.5 Å². The molecule has 1 saturated heterocycles. The number of carbonyl (C=O) groups is 3.